The number of hydrogen-bond acceptors (Lipinski definition) is 3. The van der Waals surface area contributed by atoms with Gasteiger partial charge in [-0.1, -0.05) is 19.9 Å². The lowest BCUT2D eigenvalue weighted by Gasteiger charge is -2.34. The summed E-state index contributed by atoms with van der Waals surface area (Å²) in [6, 6.07) is 3.79. The molecule has 148 valence electrons. The Kier molecular flexibility index (Phi) is 9.47. The SMILES string of the molecule is CC(C)CCOC(C)C(=O)NC1CNCCC1c1ccc(F)c(F)c1.Cl. The van der Waals surface area contributed by atoms with E-state index in [0.29, 0.717) is 24.6 Å². The Morgan fingerprint density at radius 3 is 2.69 bits per heavy atom. The molecule has 0 saturated carbocycles. The number of piperidine rings is 1. The molecule has 0 aromatic heterocycles. The van der Waals surface area contributed by atoms with Gasteiger partial charge in [-0.15, -0.1) is 12.4 Å². The molecule has 0 aliphatic carbocycles. The summed E-state index contributed by atoms with van der Waals surface area (Å²) in [5.74, 6) is -1.42. The van der Waals surface area contributed by atoms with Gasteiger partial charge < -0.3 is 15.4 Å². The minimum absolute atomic E-state index is 0. The molecule has 3 atom stereocenters. The van der Waals surface area contributed by atoms with Gasteiger partial charge in [-0.25, -0.2) is 8.78 Å². The first-order chi connectivity index (χ1) is 11.9. The van der Waals surface area contributed by atoms with Crippen molar-refractivity contribution in [2.75, 3.05) is 19.7 Å². The lowest BCUT2D eigenvalue weighted by molar-refractivity contribution is -0.132. The first kappa shape index (κ1) is 22.8. The molecule has 1 heterocycles. The summed E-state index contributed by atoms with van der Waals surface area (Å²) in [6.45, 7) is 7.85. The van der Waals surface area contributed by atoms with Crippen LogP contribution in [0.25, 0.3) is 0 Å². The fourth-order valence-corrected chi connectivity index (χ4v) is 3.01. The van der Waals surface area contributed by atoms with E-state index in [9.17, 15) is 13.6 Å². The zero-order chi connectivity index (χ0) is 18.4. The summed E-state index contributed by atoms with van der Waals surface area (Å²) in [7, 11) is 0. The monoisotopic (exact) mass is 390 g/mol. The summed E-state index contributed by atoms with van der Waals surface area (Å²) < 4.78 is 32.3. The number of amides is 1. The van der Waals surface area contributed by atoms with E-state index in [1.165, 1.54) is 6.07 Å². The molecule has 7 heteroatoms. The van der Waals surface area contributed by atoms with Crippen LogP contribution in [0.5, 0.6) is 0 Å². The molecule has 2 N–H and O–H groups in total. The molecule has 1 aliphatic rings. The maximum Gasteiger partial charge on any atom is 0.249 e. The maximum atomic E-state index is 13.6. The van der Waals surface area contributed by atoms with E-state index in [0.717, 1.165) is 25.5 Å². The quantitative estimate of drug-likeness (QED) is 0.750. The Morgan fingerprint density at radius 2 is 2.04 bits per heavy atom. The lowest BCUT2D eigenvalue weighted by atomic mass is 9.86. The van der Waals surface area contributed by atoms with Gasteiger partial charge in [0.1, 0.15) is 6.10 Å². The third kappa shape index (κ3) is 6.49. The smallest absolute Gasteiger partial charge is 0.249 e. The minimum Gasteiger partial charge on any atom is -0.369 e. The number of hydrogen-bond donors (Lipinski definition) is 2. The first-order valence-corrected chi connectivity index (χ1v) is 8.96. The predicted molar refractivity (Wildman–Crippen MR) is 101 cm³/mol. The van der Waals surface area contributed by atoms with Crippen molar-refractivity contribution in [3.63, 3.8) is 0 Å². The largest absolute Gasteiger partial charge is 0.369 e. The van der Waals surface area contributed by atoms with Crippen molar-refractivity contribution in [1.82, 2.24) is 10.6 Å². The fraction of sp³-hybridized carbons (Fsp3) is 0.632. The van der Waals surface area contributed by atoms with E-state index in [1.54, 1.807) is 13.0 Å². The molecule has 1 amide bonds. The van der Waals surface area contributed by atoms with E-state index in [1.807, 2.05) is 0 Å². The van der Waals surface area contributed by atoms with E-state index >= 15 is 0 Å². The van der Waals surface area contributed by atoms with Crippen molar-refractivity contribution in [3.8, 4) is 0 Å². The van der Waals surface area contributed by atoms with Crippen LogP contribution in [0.2, 0.25) is 0 Å². The fourth-order valence-electron chi connectivity index (χ4n) is 3.01. The molecule has 4 nitrogen and oxygen atoms in total. The van der Waals surface area contributed by atoms with Crippen LogP contribution in [0.3, 0.4) is 0 Å². The second kappa shape index (κ2) is 10.8. The van der Waals surface area contributed by atoms with Gasteiger partial charge in [-0.2, -0.15) is 0 Å². The molecule has 0 spiro atoms. The van der Waals surface area contributed by atoms with Crippen LogP contribution < -0.4 is 10.6 Å². The third-order valence-electron chi connectivity index (χ3n) is 4.61. The van der Waals surface area contributed by atoms with Crippen molar-refractivity contribution in [1.29, 1.82) is 0 Å². The van der Waals surface area contributed by atoms with Gasteiger partial charge in [0, 0.05) is 25.1 Å². The van der Waals surface area contributed by atoms with Crippen molar-refractivity contribution < 1.29 is 18.3 Å². The van der Waals surface area contributed by atoms with E-state index in [2.05, 4.69) is 24.5 Å². The second-order valence-electron chi connectivity index (χ2n) is 7.08. The number of ether oxygens (including phenoxy) is 1. The molecule has 0 bridgehead atoms. The summed E-state index contributed by atoms with van der Waals surface area (Å²) in [4.78, 5) is 12.4. The van der Waals surface area contributed by atoms with Gasteiger partial charge >= 0.3 is 0 Å². The molecule has 1 saturated heterocycles. The second-order valence-corrected chi connectivity index (χ2v) is 7.08. The zero-order valence-corrected chi connectivity index (χ0v) is 16.4. The molecule has 2 rings (SSSR count). The van der Waals surface area contributed by atoms with Crippen molar-refractivity contribution >= 4 is 18.3 Å². The Balaban J connectivity index is 0.00000338. The number of benzene rings is 1. The van der Waals surface area contributed by atoms with Crippen LogP contribution in [0.15, 0.2) is 18.2 Å². The van der Waals surface area contributed by atoms with E-state index in [-0.39, 0.29) is 30.3 Å². The van der Waals surface area contributed by atoms with Gasteiger partial charge in [0.05, 0.1) is 0 Å². The average Bonchev–Trinajstić information content (AvgIpc) is 2.57. The highest BCUT2D eigenvalue weighted by molar-refractivity contribution is 5.85. The van der Waals surface area contributed by atoms with Gasteiger partial charge in [0.25, 0.3) is 0 Å². The van der Waals surface area contributed by atoms with Crippen LogP contribution in [-0.2, 0) is 9.53 Å². The Morgan fingerprint density at radius 1 is 1.31 bits per heavy atom. The summed E-state index contributed by atoms with van der Waals surface area (Å²) in [5, 5.41) is 6.24. The Hall–Kier alpha value is -1.24. The molecule has 1 aromatic carbocycles. The van der Waals surface area contributed by atoms with Gasteiger partial charge in [0.15, 0.2) is 11.6 Å². The standard InChI is InChI=1S/C19H28F2N2O2.ClH/c1-12(2)7-9-25-13(3)19(24)23-18-11-22-8-6-15(18)14-4-5-16(20)17(21)10-14;/h4-5,10,12-13,15,18,22H,6-9,11H2,1-3H3,(H,23,24);1H. The average molecular weight is 391 g/mol. The number of carbonyl (C=O) groups excluding carboxylic acids is 1. The number of nitrogens with one attached hydrogen (secondary N) is 2. The van der Waals surface area contributed by atoms with E-state index in [4.69, 9.17) is 4.74 Å². The first-order valence-electron chi connectivity index (χ1n) is 8.96. The zero-order valence-electron chi connectivity index (χ0n) is 15.6. The van der Waals surface area contributed by atoms with Gasteiger partial charge in [-0.3, -0.25) is 4.79 Å². The lowest BCUT2D eigenvalue weighted by Crippen LogP contribution is -2.52. The molecule has 1 fully saturated rings. The Bertz CT molecular complexity index is 587. The van der Waals surface area contributed by atoms with Gasteiger partial charge in [-0.05, 0) is 49.9 Å². The molecule has 1 aromatic rings. The minimum atomic E-state index is -0.856. The van der Waals surface area contributed by atoms with Crippen molar-refractivity contribution in [3.05, 3.63) is 35.4 Å². The highest BCUT2D eigenvalue weighted by Crippen LogP contribution is 2.27. The predicted octanol–water partition coefficient (Wildman–Crippen LogP) is 3.40. The van der Waals surface area contributed by atoms with Crippen molar-refractivity contribution in [2.24, 2.45) is 5.92 Å². The van der Waals surface area contributed by atoms with Crippen LogP contribution in [0.4, 0.5) is 8.78 Å². The number of halogens is 3. The van der Waals surface area contributed by atoms with Crippen molar-refractivity contribution in [2.45, 2.75) is 51.7 Å². The highest BCUT2D eigenvalue weighted by atomic mass is 35.5. The molecule has 3 unspecified atom stereocenters. The molecular weight excluding hydrogens is 362 g/mol. The topological polar surface area (TPSA) is 50.4 Å². The summed E-state index contributed by atoms with van der Waals surface area (Å²) in [6.07, 6.45) is 1.12. The molecule has 26 heavy (non-hydrogen) atoms. The Labute approximate surface area is 160 Å². The number of carbonyl (C=O) groups is 1. The molecule has 0 radical (unpaired) electrons. The van der Waals surface area contributed by atoms with Crippen LogP contribution in [0.1, 0.15) is 45.1 Å². The van der Waals surface area contributed by atoms with Crippen LogP contribution in [-0.4, -0.2) is 37.7 Å². The van der Waals surface area contributed by atoms with Gasteiger partial charge in [0.2, 0.25) is 5.91 Å². The normalized spacial score (nSPS) is 21.2. The number of rotatable bonds is 7. The van der Waals surface area contributed by atoms with Crippen LogP contribution >= 0.6 is 12.4 Å². The maximum absolute atomic E-state index is 13.6. The summed E-state index contributed by atoms with van der Waals surface area (Å²) in [5.41, 5.74) is 0.707. The highest BCUT2D eigenvalue weighted by Gasteiger charge is 2.29. The molecule has 1 aliphatic heterocycles. The van der Waals surface area contributed by atoms with E-state index < -0.39 is 17.7 Å². The molecular formula is C19H29ClF2N2O2. The third-order valence-corrected chi connectivity index (χ3v) is 4.61. The summed E-state index contributed by atoms with van der Waals surface area (Å²) >= 11 is 0. The van der Waals surface area contributed by atoms with Crippen LogP contribution in [0, 0.1) is 17.6 Å².